The number of aliphatic imine (C=N–C) groups is 1. The maximum atomic E-state index is 10.6. The van der Waals surface area contributed by atoms with Gasteiger partial charge in [-0.15, -0.1) is 0 Å². The SMILES string of the molecule is O=[N+]([O-])c1cnc(COc2ccc(N=CN3CCOCC3)cc2)[nH]1. The second-order valence-electron chi connectivity index (χ2n) is 5.15. The first-order chi connectivity index (χ1) is 11.7. The number of hydrogen-bond acceptors (Lipinski definition) is 6. The summed E-state index contributed by atoms with van der Waals surface area (Å²) in [5.41, 5.74) is 0.822. The second-order valence-corrected chi connectivity index (χ2v) is 5.15. The number of aromatic nitrogens is 2. The summed E-state index contributed by atoms with van der Waals surface area (Å²) >= 11 is 0. The number of rotatable bonds is 6. The molecule has 1 aromatic carbocycles. The van der Waals surface area contributed by atoms with Crippen molar-refractivity contribution >= 4 is 17.8 Å². The van der Waals surface area contributed by atoms with Gasteiger partial charge in [0, 0.05) is 13.1 Å². The molecule has 1 aliphatic rings. The molecular weight excluding hydrogens is 314 g/mol. The third-order valence-corrected chi connectivity index (χ3v) is 3.44. The highest BCUT2D eigenvalue weighted by Gasteiger charge is 2.10. The zero-order valence-electron chi connectivity index (χ0n) is 12.9. The second kappa shape index (κ2) is 7.55. The number of morpholine rings is 1. The first kappa shape index (κ1) is 15.9. The molecule has 0 amide bonds. The molecule has 3 rings (SSSR count). The van der Waals surface area contributed by atoms with Crippen LogP contribution in [0.15, 0.2) is 35.5 Å². The lowest BCUT2D eigenvalue weighted by molar-refractivity contribution is -0.389. The van der Waals surface area contributed by atoms with Crippen LogP contribution in [0.3, 0.4) is 0 Å². The molecule has 1 saturated heterocycles. The van der Waals surface area contributed by atoms with Gasteiger partial charge in [0.2, 0.25) is 5.82 Å². The van der Waals surface area contributed by atoms with E-state index in [1.807, 2.05) is 18.5 Å². The van der Waals surface area contributed by atoms with E-state index in [0.29, 0.717) is 11.6 Å². The summed E-state index contributed by atoms with van der Waals surface area (Å²) in [4.78, 5) is 23.0. The Bertz CT molecular complexity index is 707. The smallest absolute Gasteiger partial charge is 0.340 e. The molecule has 0 saturated carbocycles. The Hall–Kier alpha value is -2.94. The van der Waals surface area contributed by atoms with Crippen molar-refractivity contribution in [2.24, 2.45) is 4.99 Å². The quantitative estimate of drug-likeness (QED) is 0.375. The molecule has 0 spiro atoms. The van der Waals surface area contributed by atoms with Crippen molar-refractivity contribution < 1.29 is 14.4 Å². The van der Waals surface area contributed by atoms with E-state index < -0.39 is 4.92 Å². The minimum atomic E-state index is -0.530. The lowest BCUT2D eigenvalue weighted by Crippen LogP contribution is -2.34. The highest BCUT2D eigenvalue weighted by Crippen LogP contribution is 2.19. The number of nitrogens with zero attached hydrogens (tertiary/aromatic N) is 4. The van der Waals surface area contributed by atoms with Gasteiger partial charge in [0.1, 0.15) is 11.9 Å². The Kier molecular flexibility index (Phi) is 5.02. The average Bonchev–Trinajstić information content (AvgIpc) is 3.09. The van der Waals surface area contributed by atoms with Gasteiger partial charge in [-0.1, -0.05) is 0 Å². The number of nitrogens with one attached hydrogen (secondary N) is 1. The van der Waals surface area contributed by atoms with Crippen molar-refractivity contribution in [2.45, 2.75) is 6.61 Å². The standard InChI is InChI=1S/C15H17N5O4/c21-20(22)15-9-16-14(18-15)10-24-13-3-1-12(2-4-13)17-11-19-5-7-23-8-6-19/h1-4,9,11H,5-8,10H2,(H,16,18). The first-order valence-corrected chi connectivity index (χ1v) is 7.48. The van der Waals surface area contributed by atoms with Gasteiger partial charge >= 0.3 is 5.82 Å². The Morgan fingerprint density at radius 3 is 2.79 bits per heavy atom. The summed E-state index contributed by atoms with van der Waals surface area (Å²) < 4.78 is 10.8. The third kappa shape index (κ3) is 4.29. The van der Waals surface area contributed by atoms with Crippen LogP contribution in [-0.4, -0.2) is 52.4 Å². The van der Waals surface area contributed by atoms with Crippen LogP contribution in [0.2, 0.25) is 0 Å². The van der Waals surface area contributed by atoms with Crippen molar-refractivity contribution in [3.63, 3.8) is 0 Å². The van der Waals surface area contributed by atoms with Crippen LogP contribution >= 0.6 is 0 Å². The normalized spacial score (nSPS) is 14.9. The fourth-order valence-electron chi connectivity index (χ4n) is 2.14. The van der Waals surface area contributed by atoms with Gasteiger partial charge < -0.3 is 24.5 Å². The first-order valence-electron chi connectivity index (χ1n) is 7.48. The molecule has 1 aromatic heterocycles. The third-order valence-electron chi connectivity index (χ3n) is 3.44. The number of H-pyrrole nitrogens is 1. The number of nitro groups is 1. The predicted octanol–water partition coefficient (Wildman–Crippen LogP) is 1.89. The molecule has 0 radical (unpaired) electrons. The van der Waals surface area contributed by atoms with Crippen LogP contribution < -0.4 is 4.74 Å². The fourth-order valence-corrected chi connectivity index (χ4v) is 2.14. The molecule has 24 heavy (non-hydrogen) atoms. The number of imidazole rings is 1. The molecular formula is C15H17N5O4. The average molecular weight is 331 g/mol. The van der Waals surface area contributed by atoms with Crippen molar-refractivity contribution in [2.75, 3.05) is 26.3 Å². The van der Waals surface area contributed by atoms with E-state index in [0.717, 1.165) is 32.0 Å². The zero-order chi connectivity index (χ0) is 16.8. The van der Waals surface area contributed by atoms with E-state index >= 15 is 0 Å². The molecule has 0 atom stereocenters. The van der Waals surface area contributed by atoms with E-state index in [-0.39, 0.29) is 12.4 Å². The van der Waals surface area contributed by atoms with E-state index in [4.69, 9.17) is 9.47 Å². The molecule has 0 bridgehead atoms. The van der Waals surface area contributed by atoms with Gasteiger partial charge in [-0.25, -0.2) is 15.0 Å². The van der Waals surface area contributed by atoms with Crippen molar-refractivity contribution in [3.8, 4) is 5.75 Å². The molecule has 9 nitrogen and oxygen atoms in total. The number of benzene rings is 1. The highest BCUT2D eigenvalue weighted by molar-refractivity contribution is 5.61. The van der Waals surface area contributed by atoms with Crippen LogP contribution in [-0.2, 0) is 11.3 Å². The Morgan fingerprint density at radius 1 is 1.38 bits per heavy atom. The van der Waals surface area contributed by atoms with E-state index in [1.165, 1.54) is 6.20 Å². The highest BCUT2D eigenvalue weighted by atomic mass is 16.6. The topological polar surface area (TPSA) is 106 Å². The summed E-state index contributed by atoms with van der Waals surface area (Å²) in [6.45, 7) is 3.28. The molecule has 0 aliphatic carbocycles. The number of hydrogen-bond donors (Lipinski definition) is 1. The molecule has 1 fully saturated rings. The minimum absolute atomic E-state index is 0.129. The van der Waals surface area contributed by atoms with Crippen LogP contribution in [0, 0.1) is 10.1 Å². The van der Waals surface area contributed by atoms with Gasteiger partial charge in [0.15, 0.2) is 6.61 Å². The Morgan fingerprint density at radius 2 is 2.12 bits per heavy atom. The summed E-state index contributed by atoms with van der Waals surface area (Å²) in [6.07, 6.45) is 2.99. The fraction of sp³-hybridized carbons (Fsp3) is 0.333. The van der Waals surface area contributed by atoms with Crippen LogP contribution in [0.1, 0.15) is 5.82 Å². The summed E-state index contributed by atoms with van der Waals surface area (Å²) in [6, 6.07) is 7.28. The van der Waals surface area contributed by atoms with Gasteiger partial charge in [-0.3, -0.25) is 0 Å². The van der Waals surface area contributed by atoms with E-state index in [1.54, 1.807) is 12.1 Å². The summed E-state index contributed by atoms with van der Waals surface area (Å²) in [5, 5.41) is 10.6. The monoisotopic (exact) mass is 331 g/mol. The predicted molar refractivity (Wildman–Crippen MR) is 86.6 cm³/mol. The molecule has 2 heterocycles. The lowest BCUT2D eigenvalue weighted by Gasteiger charge is -2.24. The molecule has 2 aromatic rings. The largest absolute Gasteiger partial charge is 0.483 e. The van der Waals surface area contributed by atoms with Gasteiger partial charge in [-0.2, -0.15) is 0 Å². The van der Waals surface area contributed by atoms with E-state index in [2.05, 4.69) is 19.9 Å². The van der Waals surface area contributed by atoms with Gasteiger partial charge in [0.25, 0.3) is 0 Å². The molecule has 126 valence electrons. The Balaban J connectivity index is 1.52. The lowest BCUT2D eigenvalue weighted by atomic mass is 10.3. The zero-order valence-corrected chi connectivity index (χ0v) is 12.9. The van der Waals surface area contributed by atoms with Crippen molar-refractivity contribution in [1.29, 1.82) is 0 Å². The van der Waals surface area contributed by atoms with Gasteiger partial charge in [0.05, 0.1) is 25.2 Å². The van der Waals surface area contributed by atoms with Gasteiger partial charge in [-0.05, 0) is 29.2 Å². The molecule has 1 aliphatic heterocycles. The molecule has 9 heteroatoms. The maximum absolute atomic E-state index is 10.6. The van der Waals surface area contributed by atoms with Crippen LogP contribution in [0.25, 0.3) is 0 Å². The molecule has 0 unspecified atom stereocenters. The summed E-state index contributed by atoms with van der Waals surface area (Å²) in [7, 11) is 0. The molecule has 1 N–H and O–H groups in total. The summed E-state index contributed by atoms with van der Waals surface area (Å²) in [5.74, 6) is 0.886. The van der Waals surface area contributed by atoms with Crippen molar-refractivity contribution in [1.82, 2.24) is 14.9 Å². The number of ether oxygens (including phenoxy) is 2. The minimum Gasteiger partial charge on any atom is -0.483 e. The van der Waals surface area contributed by atoms with E-state index in [9.17, 15) is 10.1 Å². The maximum Gasteiger partial charge on any atom is 0.340 e. The number of aromatic amines is 1. The van der Waals surface area contributed by atoms with Crippen molar-refractivity contribution in [3.05, 3.63) is 46.4 Å². The Labute approximate surface area is 138 Å². The van der Waals surface area contributed by atoms with Crippen LogP contribution in [0.4, 0.5) is 11.5 Å². The van der Waals surface area contributed by atoms with Crippen LogP contribution in [0.5, 0.6) is 5.75 Å².